The molecule has 0 spiro atoms. The number of rotatable bonds is 5. The molecule has 1 aliphatic heterocycles. The maximum absolute atomic E-state index is 12.7. The van der Waals surface area contributed by atoms with Crippen LogP contribution in [0.5, 0.6) is 0 Å². The molecule has 3 aromatic rings. The molecule has 0 radical (unpaired) electrons. The molecular formula is C21H14ClN3O3S2. The minimum absolute atomic E-state index is 0.211. The number of amides is 1. The molecule has 1 amide bonds. The Labute approximate surface area is 186 Å². The van der Waals surface area contributed by atoms with Crippen molar-refractivity contribution in [2.24, 2.45) is 0 Å². The Morgan fingerprint density at radius 1 is 1.17 bits per heavy atom. The van der Waals surface area contributed by atoms with E-state index in [1.165, 1.54) is 0 Å². The Morgan fingerprint density at radius 3 is 2.57 bits per heavy atom. The van der Waals surface area contributed by atoms with Crippen molar-refractivity contribution >= 4 is 57.9 Å². The van der Waals surface area contributed by atoms with Crippen molar-refractivity contribution in [2.45, 2.75) is 0 Å². The van der Waals surface area contributed by atoms with Gasteiger partial charge in [-0.15, -0.1) is 0 Å². The van der Waals surface area contributed by atoms with Gasteiger partial charge >= 0.3 is 5.97 Å². The van der Waals surface area contributed by atoms with Gasteiger partial charge in [0.2, 0.25) is 0 Å². The van der Waals surface area contributed by atoms with Gasteiger partial charge in [0.25, 0.3) is 5.91 Å². The smallest absolute Gasteiger partial charge is 0.323 e. The minimum atomic E-state index is -1.12. The minimum Gasteiger partial charge on any atom is -0.480 e. The van der Waals surface area contributed by atoms with Crippen LogP contribution < -0.4 is 0 Å². The second kappa shape index (κ2) is 8.43. The van der Waals surface area contributed by atoms with E-state index in [0.717, 1.165) is 27.9 Å². The lowest BCUT2D eigenvalue weighted by atomic mass is 10.1. The molecule has 1 fully saturated rings. The van der Waals surface area contributed by atoms with Crippen LogP contribution in [-0.2, 0) is 9.59 Å². The van der Waals surface area contributed by atoms with Crippen molar-refractivity contribution < 1.29 is 14.7 Å². The van der Waals surface area contributed by atoms with Crippen LogP contribution in [0, 0.1) is 0 Å². The molecule has 2 aromatic carbocycles. The van der Waals surface area contributed by atoms with Gasteiger partial charge in [0.05, 0.1) is 15.6 Å². The number of hydrogen-bond acceptors (Lipinski definition) is 5. The van der Waals surface area contributed by atoms with E-state index in [1.54, 1.807) is 23.0 Å². The Bertz CT molecular complexity index is 1190. The Hall–Kier alpha value is -2.94. The van der Waals surface area contributed by atoms with Crippen molar-refractivity contribution in [3.05, 3.63) is 76.3 Å². The number of carbonyl (C=O) groups excluding carboxylic acids is 1. The lowest BCUT2D eigenvalue weighted by Gasteiger charge is -2.10. The molecule has 2 heterocycles. The molecule has 1 N–H and O–H groups in total. The Morgan fingerprint density at radius 2 is 1.87 bits per heavy atom. The van der Waals surface area contributed by atoms with Crippen LogP contribution in [0.4, 0.5) is 0 Å². The number of carboxylic acids is 1. The molecule has 0 bridgehead atoms. The zero-order valence-electron chi connectivity index (χ0n) is 15.4. The van der Waals surface area contributed by atoms with Crippen molar-refractivity contribution in [2.75, 3.05) is 6.54 Å². The molecule has 0 saturated carbocycles. The van der Waals surface area contributed by atoms with E-state index in [-0.39, 0.29) is 4.32 Å². The van der Waals surface area contributed by atoms with Crippen molar-refractivity contribution in [3.63, 3.8) is 0 Å². The first-order valence-corrected chi connectivity index (χ1v) is 10.4. The fraction of sp³-hybridized carbons (Fsp3) is 0.0476. The summed E-state index contributed by atoms with van der Waals surface area (Å²) in [6, 6.07) is 16.9. The summed E-state index contributed by atoms with van der Waals surface area (Å²) in [4.78, 5) is 25.1. The third-order valence-corrected chi connectivity index (χ3v) is 6.05. The number of carboxylic acid groups (broad SMARTS) is 1. The normalized spacial score (nSPS) is 15.2. The molecule has 30 heavy (non-hydrogen) atoms. The average Bonchev–Trinajstić information content (AvgIpc) is 3.25. The van der Waals surface area contributed by atoms with Gasteiger partial charge in [0.15, 0.2) is 0 Å². The van der Waals surface area contributed by atoms with Gasteiger partial charge in [-0.1, -0.05) is 72.0 Å². The third kappa shape index (κ3) is 4.02. The van der Waals surface area contributed by atoms with Crippen LogP contribution in [0.25, 0.3) is 23.0 Å². The molecule has 6 nitrogen and oxygen atoms in total. The van der Waals surface area contributed by atoms with Crippen LogP contribution in [0.1, 0.15) is 5.56 Å². The van der Waals surface area contributed by atoms with Gasteiger partial charge in [0.1, 0.15) is 16.6 Å². The van der Waals surface area contributed by atoms with E-state index in [9.17, 15) is 9.59 Å². The van der Waals surface area contributed by atoms with Crippen LogP contribution in [0.2, 0.25) is 5.02 Å². The van der Waals surface area contributed by atoms with E-state index in [1.807, 2.05) is 48.5 Å². The highest BCUT2D eigenvalue weighted by molar-refractivity contribution is 8.26. The number of thioether (sulfide) groups is 1. The van der Waals surface area contributed by atoms with Crippen LogP contribution in [-0.4, -0.2) is 42.5 Å². The highest BCUT2D eigenvalue weighted by atomic mass is 35.5. The maximum atomic E-state index is 12.7. The second-order valence-corrected chi connectivity index (χ2v) is 8.44. The number of hydrogen-bond donors (Lipinski definition) is 1. The molecule has 0 aliphatic carbocycles. The number of benzene rings is 2. The topological polar surface area (TPSA) is 75.4 Å². The van der Waals surface area contributed by atoms with Crippen LogP contribution in [0.15, 0.2) is 65.7 Å². The largest absolute Gasteiger partial charge is 0.480 e. The zero-order valence-corrected chi connectivity index (χ0v) is 17.7. The maximum Gasteiger partial charge on any atom is 0.323 e. The first-order chi connectivity index (χ1) is 14.4. The molecular weight excluding hydrogens is 442 g/mol. The van der Waals surface area contributed by atoms with Gasteiger partial charge in [0, 0.05) is 17.3 Å². The molecule has 4 rings (SSSR count). The number of aliphatic carboxylic acids is 1. The summed E-state index contributed by atoms with van der Waals surface area (Å²) in [5.41, 5.74) is 2.85. The Balaban J connectivity index is 1.81. The SMILES string of the molecule is O=C(O)CN1C(=O)/C(=C/c2cn(-c3ccccc3)nc2-c2ccccc2Cl)SC1=S. The summed E-state index contributed by atoms with van der Waals surface area (Å²) in [5.74, 6) is -1.56. The highest BCUT2D eigenvalue weighted by Crippen LogP contribution is 2.36. The van der Waals surface area contributed by atoms with E-state index < -0.39 is 18.4 Å². The van der Waals surface area contributed by atoms with E-state index in [4.69, 9.17) is 34.0 Å². The summed E-state index contributed by atoms with van der Waals surface area (Å²) in [5, 5.41) is 14.3. The lowest BCUT2D eigenvalue weighted by Crippen LogP contribution is -2.33. The number of carbonyl (C=O) groups is 2. The Kier molecular flexibility index (Phi) is 5.72. The summed E-state index contributed by atoms with van der Waals surface area (Å²) < 4.78 is 1.92. The van der Waals surface area contributed by atoms with Crippen molar-refractivity contribution in [1.29, 1.82) is 0 Å². The number of thiocarbonyl (C=S) groups is 1. The standard InChI is InChI=1S/C21H14ClN3O3S2/c22-16-9-5-4-8-15(16)19-13(11-25(23-19)14-6-2-1-3-7-14)10-17-20(28)24(12-18(26)27)21(29)30-17/h1-11H,12H2,(H,26,27)/b17-10-. The van der Waals surface area contributed by atoms with E-state index in [0.29, 0.717) is 21.2 Å². The molecule has 1 saturated heterocycles. The monoisotopic (exact) mass is 455 g/mol. The summed E-state index contributed by atoms with van der Waals surface area (Å²) >= 11 is 12.6. The third-order valence-electron chi connectivity index (χ3n) is 4.35. The fourth-order valence-electron chi connectivity index (χ4n) is 2.98. The van der Waals surface area contributed by atoms with Gasteiger partial charge < -0.3 is 5.11 Å². The van der Waals surface area contributed by atoms with E-state index >= 15 is 0 Å². The lowest BCUT2D eigenvalue weighted by molar-refractivity contribution is -0.140. The summed E-state index contributed by atoms with van der Waals surface area (Å²) in [6.45, 7) is -0.470. The molecule has 0 unspecified atom stereocenters. The van der Waals surface area contributed by atoms with Crippen molar-refractivity contribution in [1.82, 2.24) is 14.7 Å². The van der Waals surface area contributed by atoms with Crippen LogP contribution in [0.3, 0.4) is 0 Å². The quantitative estimate of drug-likeness (QED) is 0.451. The number of para-hydroxylation sites is 1. The van der Waals surface area contributed by atoms with Gasteiger partial charge in [-0.25, -0.2) is 4.68 Å². The van der Waals surface area contributed by atoms with Gasteiger partial charge in [-0.05, 0) is 24.3 Å². The van der Waals surface area contributed by atoms with Gasteiger partial charge in [-0.2, -0.15) is 5.10 Å². The van der Waals surface area contributed by atoms with Gasteiger partial charge in [-0.3, -0.25) is 14.5 Å². The van der Waals surface area contributed by atoms with Crippen molar-refractivity contribution in [3.8, 4) is 16.9 Å². The zero-order chi connectivity index (χ0) is 21.3. The highest BCUT2D eigenvalue weighted by Gasteiger charge is 2.33. The summed E-state index contributed by atoms with van der Waals surface area (Å²) in [6.07, 6.45) is 3.48. The van der Waals surface area contributed by atoms with E-state index in [2.05, 4.69) is 0 Å². The first kappa shape index (κ1) is 20.3. The molecule has 9 heteroatoms. The first-order valence-electron chi connectivity index (χ1n) is 8.81. The molecule has 1 aliphatic rings. The number of nitrogens with zero attached hydrogens (tertiary/aromatic N) is 3. The average molecular weight is 456 g/mol. The predicted octanol–water partition coefficient (Wildman–Crippen LogP) is 4.48. The second-order valence-electron chi connectivity index (χ2n) is 6.35. The molecule has 1 aromatic heterocycles. The number of halogens is 1. The number of aromatic nitrogens is 2. The van der Waals surface area contributed by atoms with Crippen LogP contribution >= 0.6 is 35.6 Å². The molecule has 0 atom stereocenters. The predicted molar refractivity (Wildman–Crippen MR) is 122 cm³/mol. The summed E-state index contributed by atoms with van der Waals surface area (Å²) in [7, 11) is 0. The molecule has 150 valence electrons. The fourth-order valence-corrected chi connectivity index (χ4v) is 4.45.